The Morgan fingerprint density at radius 2 is 1.52 bits per heavy atom. The Morgan fingerprint density at radius 3 is 2.32 bits per heavy atom. The first kappa shape index (κ1) is 19.0. The number of aromatic nitrogens is 1. The largest absolute Gasteiger partial charge is 0.457 e. The van der Waals surface area contributed by atoms with Gasteiger partial charge in [0.2, 0.25) is 0 Å². The monoisotopic (exact) mass is 422 g/mol. The van der Waals surface area contributed by atoms with Gasteiger partial charge in [0.25, 0.3) is 5.91 Å². The van der Waals surface area contributed by atoms with Gasteiger partial charge in [0.1, 0.15) is 16.5 Å². The van der Waals surface area contributed by atoms with Crippen molar-refractivity contribution in [1.29, 1.82) is 0 Å². The predicted molar refractivity (Wildman–Crippen MR) is 126 cm³/mol. The van der Waals surface area contributed by atoms with E-state index in [1.54, 1.807) is 23.5 Å². The van der Waals surface area contributed by atoms with Gasteiger partial charge in [0.05, 0.1) is 10.2 Å². The highest BCUT2D eigenvalue weighted by Crippen LogP contribution is 2.30. The van der Waals surface area contributed by atoms with E-state index in [2.05, 4.69) is 16.4 Å². The summed E-state index contributed by atoms with van der Waals surface area (Å²) < 4.78 is 6.98. The Labute approximate surface area is 183 Å². The summed E-state index contributed by atoms with van der Waals surface area (Å²) in [5.74, 6) is 1.15. The number of nitrogens with zero attached hydrogens (tertiary/aromatic N) is 1. The lowest BCUT2D eigenvalue weighted by Crippen LogP contribution is -2.11. The summed E-state index contributed by atoms with van der Waals surface area (Å²) in [6.45, 7) is 0. The molecule has 0 radical (unpaired) electrons. The van der Waals surface area contributed by atoms with Crippen molar-refractivity contribution in [2.75, 3.05) is 5.32 Å². The van der Waals surface area contributed by atoms with Gasteiger partial charge in [0, 0.05) is 16.8 Å². The van der Waals surface area contributed by atoms with Gasteiger partial charge in [-0.3, -0.25) is 4.79 Å². The zero-order valence-corrected chi connectivity index (χ0v) is 17.3. The number of benzene rings is 4. The Hall–Kier alpha value is -3.96. The first-order valence-electron chi connectivity index (χ1n) is 9.85. The second kappa shape index (κ2) is 8.42. The molecular formula is C26H18N2O2S. The Bertz CT molecular complexity index is 1310. The van der Waals surface area contributed by atoms with Crippen molar-refractivity contribution in [3.05, 3.63) is 109 Å². The normalized spacial score (nSPS) is 10.7. The summed E-state index contributed by atoms with van der Waals surface area (Å²) in [6, 6.07) is 32.5. The summed E-state index contributed by atoms with van der Waals surface area (Å²) in [7, 11) is 0. The van der Waals surface area contributed by atoms with Gasteiger partial charge in [-0.1, -0.05) is 36.4 Å². The summed E-state index contributed by atoms with van der Waals surface area (Å²) in [4.78, 5) is 17.4. The second-order valence-electron chi connectivity index (χ2n) is 6.96. The van der Waals surface area contributed by atoms with E-state index in [-0.39, 0.29) is 5.91 Å². The quantitative estimate of drug-likeness (QED) is 0.331. The van der Waals surface area contributed by atoms with Gasteiger partial charge in [-0.25, -0.2) is 4.98 Å². The number of para-hydroxylation sites is 2. The Morgan fingerprint density at radius 1 is 0.774 bits per heavy atom. The van der Waals surface area contributed by atoms with E-state index in [1.807, 2.05) is 84.9 Å². The zero-order chi connectivity index (χ0) is 21.0. The summed E-state index contributed by atoms with van der Waals surface area (Å²) in [5.41, 5.74) is 3.28. The van der Waals surface area contributed by atoms with Crippen LogP contribution in [0.5, 0.6) is 11.5 Å². The lowest BCUT2D eigenvalue weighted by Gasteiger charge is -2.09. The van der Waals surface area contributed by atoms with Crippen LogP contribution in [-0.2, 0) is 0 Å². The van der Waals surface area contributed by atoms with Crippen LogP contribution in [0.3, 0.4) is 0 Å². The SMILES string of the molecule is O=C(Nc1ccc(-c2nc3ccccc3s2)cc1)c1cccc(Oc2ccccc2)c1. The number of carbonyl (C=O) groups excluding carboxylic acids is 1. The molecule has 150 valence electrons. The van der Waals surface area contributed by atoms with Crippen LogP contribution in [0.25, 0.3) is 20.8 Å². The molecule has 0 bridgehead atoms. The topological polar surface area (TPSA) is 51.2 Å². The summed E-state index contributed by atoms with van der Waals surface area (Å²) in [6.07, 6.45) is 0. The molecule has 1 N–H and O–H groups in total. The molecule has 0 unspecified atom stereocenters. The maximum Gasteiger partial charge on any atom is 0.255 e. The second-order valence-corrected chi connectivity index (χ2v) is 7.99. The number of hydrogen-bond acceptors (Lipinski definition) is 4. The third-order valence-corrected chi connectivity index (χ3v) is 5.84. The van der Waals surface area contributed by atoms with Crippen molar-refractivity contribution in [1.82, 2.24) is 4.98 Å². The van der Waals surface area contributed by atoms with E-state index in [4.69, 9.17) is 4.74 Å². The number of hydrogen-bond donors (Lipinski definition) is 1. The van der Waals surface area contributed by atoms with Crippen LogP contribution in [-0.4, -0.2) is 10.9 Å². The summed E-state index contributed by atoms with van der Waals surface area (Å²) in [5, 5.41) is 3.91. The molecule has 0 aliphatic rings. The maximum absolute atomic E-state index is 12.7. The first-order valence-corrected chi connectivity index (χ1v) is 10.7. The minimum absolute atomic E-state index is 0.189. The highest BCUT2D eigenvalue weighted by Gasteiger charge is 2.10. The smallest absolute Gasteiger partial charge is 0.255 e. The molecule has 5 rings (SSSR count). The Kier molecular flexibility index (Phi) is 5.17. The van der Waals surface area contributed by atoms with Crippen LogP contribution in [0.15, 0.2) is 103 Å². The van der Waals surface area contributed by atoms with E-state index in [0.717, 1.165) is 32.2 Å². The van der Waals surface area contributed by atoms with Crippen LogP contribution >= 0.6 is 11.3 Å². The van der Waals surface area contributed by atoms with Crippen molar-refractivity contribution >= 4 is 33.1 Å². The highest BCUT2D eigenvalue weighted by molar-refractivity contribution is 7.21. The van der Waals surface area contributed by atoms with Crippen molar-refractivity contribution in [2.45, 2.75) is 0 Å². The van der Waals surface area contributed by atoms with Crippen molar-refractivity contribution in [2.24, 2.45) is 0 Å². The number of amides is 1. The van der Waals surface area contributed by atoms with E-state index < -0.39 is 0 Å². The molecule has 0 atom stereocenters. The molecular weight excluding hydrogens is 404 g/mol. The van der Waals surface area contributed by atoms with Crippen LogP contribution in [0, 0.1) is 0 Å². The number of anilines is 1. The van der Waals surface area contributed by atoms with Crippen molar-refractivity contribution < 1.29 is 9.53 Å². The number of ether oxygens (including phenoxy) is 1. The molecule has 0 aliphatic heterocycles. The molecule has 0 saturated carbocycles. The summed E-state index contributed by atoms with van der Waals surface area (Å²) >= 11 is 1.66. The number of thiazole rings is 1. The van der Waals surface area contributed by atoms with Crippen LogP contribution in [0.4, 0.5) is 5.69 Å². The number of rotatable bonds is 5. The third kappa shape index (κ3) is 4.32. The lowest BCUT2D eigenvalue weighted by atomic mass is 10.1. The molecule has 0 fully saturated rings. The Balaban J connectivity index is 1.30. The average Bonchev–Trinajstić information content (AvgIpc) is 3.25. The maximum atomic E-state index is 12.7. The zero-order valence-electron chi connectivity index (χ0n) is 16.5. The van der Waals surface area contributed by atoms with Crippen LogP contribution in [0.2, 0.25) is 0 Å². The van der Waals surface area contributed by atoms with Gasteiger partial charge in [-0.15, -0.1) is 11.3 Å². The fourth-order valence-electron chi connectivity index (χ4n) is 3.22. The number of nitrogens with one attached hydrogen (secondary N) is 1. The van der Waals surface area contributed by atoms with Gasteiger partial charge in [-0.2, -0.15) is 0 Å². The molecule has 5 heteroatoms. The van der Waals surface area contributed by atoms with E-state index in [1.165, 1.54) is 0 Å². The van der Waals surface area contributed by atoms with Gasteiger partial charge < -0.3 is 10.1 Å². The molecule has 5 aromatic rings. The molecule has 0 spiro atoms. The number of fused-ring (bicyclic) bond motifs is 1. The molecule has 0 saturated heterocycles. The fraction of sp³-hybridized carbons (Fsp3) is 0. The van der Waals surface area contributed by atoms with Gasteiger partial charge >= 0.3 is 0 Å². The lowest BCUT2D eigenvalue weighted by molar-refractivity contribution is 0.102. The van der Waals surface area contributed by atoms with Crippen LogP contribution in [0.1, 0.15) is 10.4 Å². The van der Waals surface area contributed by atoms with E-state index in [0.29, 0.717) is 11.3 Å². The highest BCUT2D eigenvalue weighted by atomic mass is 32.1. The fourth-order valence-corrected chi connectivity index (χ4v) is 4.19. The molecule has 1 amide bonds. The molecule has 4 nitrogen and oxygen atoms in total. The van der Waals surface area contributed by atoms with Gasteiger partial charge in [-0.05, 0) is 66.7 Å². The average molecular weight is 423 g/mol. The first-order chi connectivity index (χ1) is 15.2. The van der Waals surface area contributed by atoms with Crippen molar-refractivity contribution in [3.63, 3.8) is 0 Å². The molecule has 31 heavy (non-hydrogen) atoms. The molecule has 1 aromatic heterocycles. The van der Waals surface area contributed by atoms with Crippen molar-refractivity contribution in [3.8, 4) is 22.1 Å². The minimum Gasteiger partial charge on any atom is -0.457 e. The third-order valence-electron chi connectivity index (χ3n) is 4.76. The predicted octanol–water partition coefficient (Wildman–Crippen LogP) is 7.01. The molecule has 0 aliphatic carbocycles. The van der Waals surface area contributed by atoms with Crippen LogP contribution < -0.4 is 10.1 Å². The number of carbonyl (C=O) groups is 1. The van der Waals surface area contributed by atoms with E-state index in [9.17, 15) is 4.79 Å². The molecule has 4 aromatic carbocycles. The minimum atomic E-state index is -0.189. The van der Waals surface area contributed by atoms with E-state index >= 15 is 0 Å². The molecule has 1 heterocycles. The standard InChI is InChI=1S/C26H18N2O2S/c29-25(19-7-6-10-22(17-19)30-21-8-2-1-3-9-21)27-20-15-13-18(14-16-20)26-28-23-11-4-5-12-24(23)31-26/h1-17H,(H,27,29). The van der Waals surface area contributed by atoms with Gasteiger partial charge in [0.15, 0.2) is 0 Å².